The van der Waals surface area contributed by atoms with E-state index in [2.05, 4.69) is 26.0 Å². The number of ether oxygens (including phenoxy) is 1. The van der Waals surface area contributed by atoms with Crippen molar-refractivity contribution >= 4 is 5.97 Å². The Kier molecular flexibility index (Phi) is 9.71. The number of carbonyl (C=O) groups is 1. The highest BCUT2D eigenvalue weighted by Crippen LogP contribution is 2.44. The Bertz CT molecular complexity index is 729. The van der Waals surface area contributed by atoms with Gasteiger partial charge in [0, 0.05) is 5.41 Å². The van der Waals surface area contributed by atoms with Gasteiger partial charge in [-0.15, -0.1) is 0 Å². The summed E-state index contributed by atoms with van der Waals surface area (Å²) in [5.74, 6) is -0.149. The third kappa shape index (κ3) is 6.89. The van der Waals surface area contributed by atoms with Gasteiger partial charge in [0.25, 0.3) is 0 Å². The summed E-state index contributed by atoms with van der Waals surface area (Å²) >= 11 is 0. The van der Waals surface area contributed by atoms with E-state index in [0.29, 0.717) is 11.3 Å². The first-order valence-electron chi connectivity index (χ1n) is 11.2. The number of hydrogen-bond donors (Lipinski definition) is 0. The van der Waals surface area contributed by atoms with Crippen LogP contribution in [0.3, 0.4) is 0 Å². The molecule has 0 aromatic heterocycles. The number of esters is 1. The second kappa shape index (κ2) is 12.3. The van der Waals surface area contributed by atoms with E-state index >= 15 is 0 Å². The van der Waals surface area contributed by atoms with Crippen molar-refractivity contribution < 1.29 is 9.53 Å². The van der Waals surface area contributed by atoms with E-state index in [4.69, 9.17) is 4.74 Å². The Morgan fingerprint density at radius 1 is 1.00 bits per heavy atom. The van der Waals surface area contributed by atoms with Crippen LogP contribution in [0.2, 0.25) is 0 Å². The van der Waals surface area contributed by atoms with Gasteiger partial charge in [-0.05, 0) is 37.1 Å². The van der Waals surface area contributed by atoms with Crippen LogP contribution in [0.15, 0.2) is 54.3 Å². The predicted molar refractivity (Wildman–Crippen MR) is 118 cm³/mol. The molecule has 1 aromatic rings. The van der Waals surface area contributed by atoms with Crippen molar-refractivity contribution in [3.63, 3.8) is 0 Å². The van der Waals surface area contributed by atoms with E-state index in [1.54, 1.807) is 12.1 Å². The molecule has 0 saturated heterocycles. The number of benzene rings is 1. The molecule has 0 amide bonds. The lowest BCUT2D eigenvalue weighted by molar-refractivity contribution is 0.0629. The topological polar surface area (TPSA) is 50.1 Å². The number of nitrogens with zero attached hydrogens (tertiary/aromatic N) is 1. The fourth-order valence-corrected chi connectivity index (χ4v) is 4.05. The van der Waals surface area contributed by atoms with Crippen LogP contribution in [0.4, 0.5) is 0 Å². The SMILES string of the molecule is CCCCCCCCC1(CCCC)C=CC(OC(=O)c2ccccc2)=CC1C#N. The quantitative estimate of drug-likeness (QED) is 0.275. The summed E-state index contributed by atoms with van der Waals surface area (Å²) in [6.07, 6.45) is 17.6. The molecule has 2 atom stereocenters. The van der Waals surface area contributed by atoms with Crippen molar-refractivity contribution in [1.82, 2.24) is 0 Å². The van der Waals surface area contributed by atoms with Crippen LogP contribution in [0, 0.1) is 22.7 Å². The molecule has 2 unspecified atom stereocenters. The predicted octanol–water partition coefficient (Wildman–Crippen LogP) is 7.36. The molecule has 2 rings (SSSR count). The Morgan fingerprint density at radius 2 is 1.66 bits per heavy atom. The van der Waals surface area contributed by atoms with Crippen molar-refractivity contribution in [3.8, 4) is 6.07 Å². The van der Waals surface area contributed by atoms with Gasteiger partial charge in [-0.2, -0.15) is 5.26 Å². The first-order valence-corrected chi connectivity index (χ1v) is 11.2. The minimum Gasteiger partial charge on any atom is -0.423 e. The standard InChI is InChI=1S/C26H35NO2/c1-3-5-7-8-9-13-18-26(17-6-4-2)19-16-24(20-23(26)21-27)29-25(28)22-14-11-10-12-15-22/h10-12,14-16,19-20,23H,3-9,13,17-18H2,1-2H3. The Labute approximate surface area is 176 Å². The van der Waals surface area contributed by atoms with E-state index in [1.807, 2.05) is 30.4 Å². The maximum Gasteiger partial charge on any atom is 0.343 e. The van der Waals surface area contributed by atoms with Gasteiger partial charge < -0.3 is 4.74 Å². The second-order valence-electron chi connectivity index (χ2n) is 8.12. The van der Waals surface area contributed by atoms with Gasteiger partial charge in [0.1, 0.15) is 5.76 Å². The molecule has 0 bridgehead atoms. The number of hydrogen-bond acceptors (Lipinski definition) is 3. The minimum atomic E-state index is -0.379. The third-order valence-electron chi connectivity index (χ3n) is 5.88. The average molecular weight is 394 g/mol. The lowest BCUT2D eigenvalue weighted by Gasteiger charge is -2.36. The molecule has 0 spiro atoms. The van der Waals surface area contributed by atoms with Gasteiger partial charge in [-0.3, -0.25) is 0 Å². The van der Waals surface area contributed by atoms with Crippen LogP contribution in [0.25, 0.3) is 0 Å². The largest absolute Gasteiger partial charge is 0.423 e. The van der Waals surface area contributed by atoms with E-state index < -0.39 is 0 Å². The van der Waals surface area contributed by atoms with Crippen LogP contribution in [-0.4, -0.2) is 5.97 Å². The molecule has 1 aliphatic rings. The summed E-state index contributed by atoms with van der Waals surface area (Å²) in [5.41, 5.74) is 0.378. The zero-order valence-electron chi connectivity index (χ0n) is 18.0. The first-order chi connectivity index (χ1) is 14.1. The number of carbonyl (C=O) groups excluding carboxylic acids is 1. The molecule has 1 aliphatic carbocycles. The molecule has 0 radical (unpaired) electrons. The second-order valence-corrected chi connectivity index (χ2v) is 8.12. The highest BCUT2D eigenvalue weighted by atomic mass is 16.5. The fourth-order valence-electron chi connectivity index (χ4n) is 4.05. The molecule has 0 N–H and O–H groups in total. The summed E-state index contributed by atoms with van der Waals surface area (Å²) < 4.78 is 5.56. The molecule has 29 heavy (non-hydrogen) atoms. The van der Waals surface area contributed by atoms with Crippen molar-refractivity contribution in [2.75, 3.05) is 0 Å². The highest BCUT2D eigenvalue weighted by molar-refractivity contribution is 5.90. The number of rotatable bonds is 12. The third-order valence-corrected chi connectivity index (χ3v) is 5.88. The summed E-state index contributed by atoms with van der Waals surface area (Å²) in [6.45, 7) is 4.42. The molecule has 3 nitrogen and oxygen atoms in total. The maximum atomic E-state index is 12.4. The Hall–Kier alpha value is -2.34. The number of allylic oxidation sites excluding steroid dienone is 3. The lowest BCUT2D eigenvalue weighted by atomic mass is 9.67. The van der Waals surface area contributed by atoms with Gasteiger partial charge in [0.15, 0.2) is 0 Å². The van der Waals surface area contributed by atoms with Gasteiger partial charge in [0.05, 0.1) is 17.6 Å². The lowest BCUT2D eigenvalue weighted by Crippen LogP contribution is -2.29. The zero-order valence-corrected chi connectivity index (χ0v) is 18.0. The molecule has 0 fully saturated rings. The van der Waals surface area contributed by atoms with Crippen molar-refractivity contribution in [2.45, 2.75) is 78.1 Å². The molecule has 0 aliphatic heterocycles. The summed E-state index contributed by atoms with van der Waals surface area (Å²) in [4.78, 5) is 12.4. The van der Waals surface area contributed by atoms with Crippen LogP contribution >= 0.6 is 0 Å². The minimum absolute atomic E-state index is 0.141. The van der Waals surface area contributed by atoms with E-state index in [0.717, 1.165) is 32.1 Å². The molecule has 0 heterocycles. The molecule has 0 saturated carbocycles. The fraction of sp³-hybridized carbons (Fsp3) is 0.538. The van der Waals surface area contributed by atoms with Crippen molar-refractivity contribution in [2.24, 2.45) is 11.3 Å². The van der Waals surface area contributed by atoms with E-state index in [1.165, 1.54) is 32.1 Å². The summed E-state index contributed by atoms with van der Waals surface area (Å²) in [5, 5.41) is 9.90. The van der Waals surface area contributed by atoms with Crippen LogP contribution < -0.4 is 0 Å². The normalized spacial score (nSPS) is 20.7. The highest BCUT2D eigenvalue weighted by Gasteiger charge is 2.37. The molecule has 156 valence electrons. The first kappa shape index (κ1) is 22.9. The van der Waals surface area contributed by atoms with E-state index in [9.17, 15) is 10.1 Å². The van der Waals surface area contributed by atoms with Crippen LogP contribution in [-0.2, 0) is 4.74 Å². The average Bonchev–Trinajstić information content (AvgIpc) is 2.76. The van der Waals surface area contributed by atoms with Crippen molar-refractivity contribution in [3.05, 3.63) is 59.9 Å². The smallest absolute Gasteiger partial charge is 0.343 e. The molecule has 1 aromatic carbocycles. The van der Waals surface area contributed by atoms with Crippen LogP contribution in [0.1, 0.15) is 88.4 Å². The van der Waals surface area contributed by atoms with Gasteiger partial charge >= 0.3 is 5.97 Å². The summed E-state index contributed by atoms with van der Waals surface area (Å²) in [6, 6.07) is 11.5. The number of unbranched alkanes of at least 4 members (excludes halogenated alkanes) is 6. The molecular weight excluding hydrogens is 358 g/mol. The van der Waals surface area contributed by atoms with Crippen LogP contribution in [0.5, 0.6) is 0 Å². The molecule has 3 heteroatoms. The molecular formula is C26H35NO2. The zero-order chi connectivity index (χ0) is 21.0. The van der Waals surface area contributed by atoms with Gasteiger partial charge in [0.2, 0.25) is 0 Å². The van der Waals surface area contributed by atoms with Crippen molar-refractivity contribution in [1.29, 1.82) is 5.26 Å². The maximum absolute atomic E-state index is 12.4. The number of nitriles is 1. The van der Waals surface area contributed by atoms with E-state index in [-0.39, 0.29) is 17.3 Å². The summed E-state index contributed by atoms with van der Waals surface area (Å²) in [7, 11) is 0. The Balaban J connectivity index is 2.04. The monoisotopic (exact) mass is 393 g/mol. The van der Waals surface area contributed by atoms with Gasteiger partial charge in [-0.1, -0.05) is 89.5 Å². The Morgan fingerprint density at radius 3 is 2.34 bits per heavy atom. The van der Waals surface area contributed by atoms with Gasteiger partial charge in [-0.25, -0.2) is 4.79 Å².